The fourth-order valence-corrected chi connectivity index (χ4v) is 3.86. The summed E-state index contributed by atoms with van der Waals surface area (Å²) in [5, 5.41) is 0. The van der Waals surface area contributed by atoms with Gasteiger partial charge in [-0.3, -0.25) is 9.78 Å². The molecule has 0 aliphatic heterocycles. The number of aryl methyl sites for hydroxylation is 1. The summed E-state index contributed by atoms with van der Waals surface area (Å²) >= 11 is 0. The van der Waals surface area contributed by atoms with E-state index in [-0.39, 0.29) is 5.91 Å². The highest BCUT2D eigenvalue weighted by Gasteiger charge is 2.17. The molecular formula is C27H28N4O2. The molecule has 2 aromatic heterocycles. The second-order valence-corrected chi connectivity index (χ2v) is 7.87. The van der Waals surface area contributed by atoms with E-state index in [1.807, 2.05) is 42.5 Å². The number of fused-ring (bicyclic) bond motifs is 1. The molecule has 1 amide bonds. The summed E-state index contributed by atoms with van der Waals surface area (Å²) in [6.45, 7) is 5.56. The lowest BCUT2D eigenvalue weighted by atomic mass is 10.1. The van der Waals surface area contributed by atoms with E-state index in [1.54, 1.807) is 36.5 Å². The van der Waals surface area contributed by atoms with Crippen LogP contribution in [0.2, 0.25) is 0 Å². The second kappa shape index (κ2) is 10.6. The van der Waals surface area contributed by atoms with E-state index < -0.39 is 0 Å². The fraction of sp³-hybridized carbons (Fsp3) is 0.222. The molecule has 0 fully saturated rings. The van der Waals surface area contributed by atoms with E-state index >= 15 is 0 Å². The van der Waals surface area contributed by atoms with Crippen LogP contribution in [0.1, 0.15) is 28.2 Å². The predicted molar refractivity (Wildman–Crippen MR) is 130 cm³/mol. The van der Waals surface area contributed by atoms with Crippen molar-refractivity contribution in [3.05, 3.63) is 103 Å². The van der Waals surface area contributed by atoms with Gasteiger partial charge in [0.25, 0.3) is 5.91 Å². The first-order valence-corrected chi connectivity index (χ1v) is 11.1. The van der Waals surface area contributed by atoms with Crippen LogP contribution in [0.15, 0.2) is 85.7 Å². The number of benzene rings is 2. The van der Waals surface area contributed by atoms with Gasteiger partial charge in [-0.2, -0.15) is 0 Å². The molecule has 4 aromatic rings. The number of aromatic nitrogens is 3. The van der Waals surface area contributed by atoms with Crippen molar-refractivity contribution in [2.24, 2.45) is 0 Å². The number of carbonyl (C=O) groups is 1. The Morgan fingerprint density at radius 1 is 1.12 bits per heavy atom. The number of amides is 1. The molecule has 33 heavy (non-hydrogen) atoms. The largest absolute Gasteiger partial charge is 0.493 e. The topological polar surface area (TPSA) is 60.2 Å². The average Bonchev–Trinajstić information content (AvgIpc) is 3.19. The van der Waals surface area contributed by atoms with Gasteiger partial charge < -0.3 is 14.2 Å². The van der Waals surface area contributed by atoms with Gasteiger partial charge in [-0.05, 0) is 48.7 Å². The first kappa shape index (κ1) is 22.3. The zero-order valence-corrected chi connectivity index (χ0v) is 18.9. The lowest BCUT2D eigenvalue weighted by Crippen LogP contribution is -2.28. The molecule has 0 aliphatic rings. The molecule has 0 bridgehead atoms. The number of nitrogens with zero attached hydrogens (tertiary/aromatic N) is 4. The Kier molecular flexibility index (Phi) is 7.15. The summed E-state index contributed by atoms with van der Waals surface area (Å²) in [4.78, 5) is 23.3. The molecule has 6 nitrogen and oxygen atoms in total. The Morgan fingerprint density at radius 3 is 2.76 bits per heavy atom. The molecule has 2 heterocycles. The molecule has 6 heteroatoms. The molecule has 0 atom stereocenters. The van der Waals surface area contributed by atoms with Crippen molar-refractivity contribution in [2.45, 2.75) is 25.9 Å². The van der Waals surface area contributed by atoms with Gasteiger partial charge in [0.1, 0.15) is 11.6 Å². The summed E-state index contributed by atoms with van der Waals surface area (Å²) < 4.78 is 8.25. The van der Waals surface area contributed by atoms with Crippen LogP contribution in [0.3, 0.4) is 0 Å². The second-order valence-electron chi connectivity index (χ2n) is 7.87. The first-order chi connectivity index (χ1) is 16.2. The Labute approximate surface area is 194 Å². The number of allylic oxidation sites excluding steroid dienone is 1. The number of para-hydroxylation sites is 3. The van der Waals surface area contributed by atoms with E-state index in [0.29, 0.717) is 18.7 Å². The number of carbonyl (C=O) groups excluding carboxylic acids is 1. The lowest BCUT2D eigenvalue weighted by molar-refractivity contribution is 0.0779. The monoisotopic (exact) mass is 440 g/mol. The molecule has 4 rings (SSSR count). The summed E-state index contributed by atoms with van der Waals surface area (Å²) in [5.74, 6) is 1.67. The Bertz CT molecular complexity index is 1230. The third-order valence-electron chi connectivity index (χ3n) is 5.49. The zero-order valence-electron chi connectivity index (χ0n) is 18.9. The van der Waals surface area contributed by atoms with Crippen LogP contribution in [-0.4, -0.2) is 39.0 Å². The number of rotatable bonds is 10. The molecule has 0 saturated carbocycles. The zero-order chi connectivity index (χ0) is 23.0. The molecule has 0 spiro atoms. The number of hydrogen-bond donors (Lipinski definition) is 0. The van der Waals surface area contributed by atoms with Gasteiger partial charge in [-0.1, -0.05) is 36.4 Å². The Balaban J connectivity index is 1.46. The maximum Gasteiger partial charge on any atom is 0.255 e. The highest BCUT2D eigenvalue weighted by molar-refractivity contribution is 5.93. The van der Waals surface area contributed by atoms with Crippen LogP contribution in [-0.2, 0) is 19.5 Å². The SMILES string of the molecule is C=CCc1ccccc1OCCCn1c(CN(C)C(=O)c2cccnc2)nc2ccccc21. The van der Waals surface area contributed by atoms with E-state index in [1.165, 1.54) is 0 Å². The normalized spacial score (nSPS) is 10.8. The average molecular weight is 441 g/mol. The van der Waals surface area contributed by atoms with Gasteiger partial charge >= 0.3 is 0 Å². The minimum absolute atomic E-state index is 0.0798. The van der Waals surface area contributed by atoms with E-state index in [4.69, 9.17) is 9.72 Å². The van der Waals surface area contributed by atoms with Crippen LogP contribution in [0.5, 0.6) is 5.75 Å². The predicted octanol–water partition coefficient (Wildman–Crippen LogP) is 4.90. The van der Waals surface area contributed by atoms with Crippen molar-refractivity contribution >= 4 is 16.9 Å². The Hall–Kier alpha value is -3.93. The maximum absolute atomic E-state index is 12.8. The molecule has 0 N–H and O–H groups in total. The van der Waals surface area contributed by atoms with Crippen LogP contribution in [0.4, 0.5) is 0 Å². The Morgan fingerprint density at radius 2 is 1.94 bits per heavy atom. The van der Waals surface area contributed by atoms with Crippen molar-refractivity contribution in [2.75, 3.05) is 13.7 Å². The van der Waals surface area contributed by atoms with Gasteiger partial charge in [-0.15, -0.1) is 6.58 Å². The van der Waals surface area contributed by atoms with Gasteiger partial charge in [0.15, 0.2) is 0 Å². The van der Waals surface area contributed by atoms with Crippen molar-refractivity contribution in [1.29, 1.82) is 0 Å². The molecule has 2 aromatic carbocycles. The van der Waals surface area contributed by atoms with Gasteiger partial charge in [0.2, 0.25) is 0 Å². The smallest absolute Gasteiger partial charge is 0.255 e. The van der Waals surface area contributed by atoms with Gasteiger partial charge in [0.05, 0.1) is 29.7 Å². The number of ether oxygens (including phenoxy) is 1. The minimum atomic E-state index is -0.0798. The van der Waals surface area contributed by atoms with E-state index in [9.17, 15) is 4.79 Å². The summed E-state index contributed by atoms with van der Waals surface area (Å²) in [5.41, 5.74) is 3.68. The number of hydrogen-bond acceptors (Lipinski definition) is 4. The van der Waals surface area contributed by atoms with Crippen LogP contribution >= 0.6 is 0 Å². The third kappa shape index (κ3) is 5.29. The number of imidazole rings is 1. The molecule has 0 radical (unpaired) electrons. The first-order valence-electron chi connectivity index (χ1n) is 11.1. The molecule has 168 valence electrons. The molecular weight excluding hydrogens is 412 g/mol. The van der Waals surface area contributed by atoms with Gasteiger partial charge in [-0.25, -0.2) is 4.98 Å². The van der Waals surface area contributed by atoms with Gasteiger partial charge in [0, 0.05) is 26.0 Å². The molecule has 0 saturated heterocycles. The molecule has 0 unspecified atom stereocenters. The van der Waals surface area contributed by atoms with Crippen LogP contribution < -0.4 is 4.74 Å². The van der Waals surface area contributed by atoms with Crippen LogP contribution in [0.25, 0.3) is 11.0 Å². The molecule has 0 aliphatic carbocycles. The third-order valence-corrected chi connectivity index (χ3v) is 5.49. The lowest BCUT2D eigenvalue weighted by Gasteiger charge is -2.18. The fourth-order valence-electron chi connectivity index (χ4n) is 3.86. The quantitative estimate of drug-likeness (QED) is 0.260. The van der Waals surface area contributed by atoms with Crippen molar-refractivity contribution in [3.8, 4) is 5.75 Å². The highest BCUT2D eigenvalue weighted by Crippen LogP contribution is 2.21. The standard InChI is InChI=1S/C27H28N4O2/c1-3-10-21-11-4-7-15-25(21)33-18-9-17-31-24-14-6-5-13-23(24)29-26(31)20-30(2)27(32)22-12-8-16-28-19-22/h3-8,11-16,19H,1,9-10,17-18,20H2,2H3. The van der Waals surface area contributed by atoms with Crippen molar-refractivity contribution < 1.29 is 9.53 Å². The van der Waals surface area contributed by atoms with E-state index in [0.717, 1.165) is 47.6 Å². The van der Waals surface area contributed by atoms with Crippen LogP contribution in [0, 0.1) is 0 Å². The highest BCUT2D eigenvalue weighted by atomic mass is 16.5. The summed E-state index contributed by atoms with van der Waals surface area (Å²) in [6.07, 6.45) is 6.73. The maximum atomic E-state index is 12.8. The summed E-state index contributed by atoms with van der Waals surface area (Å²) in [7, 11) is 1.79. The summed E-state index contributed by atoms with van der Waals surface area (Å²) in [6, 6.07) is 19.7. The van der Waals surface area contributed by atoms with Crippen molar-refractivity contribution in [1.82, 2.24) is 19.4 Å². The number of pyridine rings is 1. The van der Waals surface area contributed by atoms with E-state index in [2.05, 4.69) is 28.3 Å². The van der Waals surface area contributed by atoms with Crippen molar-refractivity contribution in [3.63, 3.8) is 0 Å². The minimum Gasteiger partial charge on any atom is -0.493 e.